The number of nitrogens with two attached hydrogens (primary N) is 1. The summed E-state index contributed by atoms with van der Waals surface area (Å²) in [4.78, 5) is 26.9. The molecule has 1 aromatic carbocycles. The molecule has 1 unspecified atom stereocenters. The van der Waals surface area contributed by atoms with Crippen LogP contribution in [0.15, 0.2) is 30.3 Å². The van der Waals surface area contributed by atoms with Crippen LogP contribution < -0.4 is 11.1 Å². The minimum absolute atomic E-state index is 0.00867. The van der Waals surface area contributed by atoms with Crippen molar-refractivity contribution >= 4 is 28.5 Å². The number of aliphatic carboxylic acids is 1. The number of para-hydroxylation sites is 1. The van der Waals surface area contributed by atoms with Crippen LogP contribution >= 0.6 is 0 Å². The first-order valence-corrected chi connectivity index (χ1v) is 6.65. The maximum atomic E-state index is 12.1. The molecule has 0 radical (unpaired) electrons. The minimum Gasteiger partial charge on any atom is -0.481 e. The fourth-order valence-corrected chi connectivity index (χ4v) is 2.03. The highest BCUT2D eigenvalue weighted by atomic mass is 16.4. The summed E-state index contributed by atoms with van der Waals surface area (Å²) in [6.45, 7) is 1.76. The summed E-state index contributed by atoms with van der Waals surface area (Å²) >= 11 is 0. The maximum absolute atomic E-state index is 12.1. The largest absolute Gasteiger partial charge is 0.481 e. The second kappa shape index (κ2) is 6.21. The lowest BCUT2D eigenvalue weighted by molar-refractivity contribution is -0.137. The second-order valence-electron chi connectivity index (χ2n) is 4.92. The summed E-state index contributed by atoms with van der Waals surface area (Å²) < 4.78 is 0. The first-order chi connectivity index (χ1) is 9.97. The number of carbonyl (C=O) groups excluding carboxylic acids is 1. The molecule has 0 saturated heterocycles. The number of rotatable bonds is 5. The third kappa shape index (κ3) is 3.68. The zero-order valence-electron chi connectivity index (χ0n) is 11.7. The van der Waals surface area contributed by atoms with Crippen LogP contribution in [-0.2, 0) is 4.79 Å². The van der Waals surface area contributed by atoms with Crippen molar-refractivity contribution < 1.29 is 14.7 Å². The lowest BCUT2D eigenvalue weighted by atomic mass is 10.1. The van der Waals surface area contributed by atoms with Crippen LogP contribution in [0, 0.1) is 0 Å². The van der Waals surface area contributed by atoms with Gasteiger partial charge in [-0.25, -0.2) is 4.98 Å². The van der Waals surface area contributed by atoms with E-state index in [1.54, 1.807) is 13.0 Å². The molecule has 2 rings (SSSR count). The zero-order chi connectivity index (χ0) is 15.4. The number of pyridine rings is 1. The number of carboxylic acid groups (broad SMARTS) is 1. The van der Waals surface area contributed by atoms with Crippen LogP contribution in [0.25, 0.3) is 10.9 Å². The van der Waals surface area contributed by atoms with Crippen molar-refractivity contribution in [3.05, 3.63) is 36.0 Å². The molecule has 110 valence electrons. The Morgan fingerprint density at radius 2 is 2.10 bits per heavy atom. The highest BCUT2D eigenvalue weighted by Gasteiger charge is 2.14. The van der Waals surface area contributed by atoms with E-state index < -0.39 is 5.97 Å². The fraction of sp³-hybridized carbons (Fsp3) is 0.267. The Balaban J connectivity index is 2.14. The predicted octanol–water partition coefficient (Wildman–Crippen LogP) is 1.80. The maximum Gasteiger partial charge on any atom is 0.303 e. The third-order valence-corrected chi connectivity index (χ3v) is 3.15. The van der Waals surface area contributed by atoms with Gasteiger partial charge in [-0.2, -0.15) is 0 Å². The lowest BCUT2D eigenvalue weighted by Crippen LogP contribution is -2.33. The summed E-state index contributed by atoms with van der Waals surface area (Å²) in [6, 6.07) is 8.59. The monoisotopic (exact) mass is 287 g/mol. The Kier molecular flexibility index (Phi) is 4.37. The van der Waals surface area contributed by atoms with Crippen LogP contribution in [0.4, 0.5) is 5.69 Å². The number of aromatic nitrogens is 1. The molecule has 0 spiro atoms. The number of nitrogen functional groups attached to an aromatic ring is 1. The van der Waals surface area contributed by atoms with Crippen molar-refractivity contribution in [2.24, 2.45) is 0 Å². The second-order valence-corrected chi connectivity index (χ2v) is 4.92. The predicted molar refractivity (Wildman–Crippen MR) is 80.0 cm³/mol. The van der Waals surface area contributed by atoms with Gasteiger partial charge in [0.2, 0.25) is 0 Å². The highest BCUT2D eigenvalue weighted by Crippen LogP contribution is 2.20. The van der Waals surface area contributed by atoms with Crippen molar-refractivity contribution in [2.45, 2.75) is 25.8 Å². The Bertz CT molecular complexity index is 685. The molecular weight excluding hydrogens is 270 g/mol. The molecule has 6 heteroatoms. The van der Waals surface area contributed by atoms with Gasteiger partial charge in [0.05, 0.1) is 5.52 Å². The molecule has 1 aromatic heterocycles. The number of hydrogen-bond acceptors (Lipinski definition) is 4. The topological polar surface area (TPSA) is 105 Å². The summed E-state index contributed by atoms with van der Waals surface area (Å²) in [6.07, 6.45) is 0.374. The molecule has 2 aromatic rings. The van der Waals surface area contributed by atoms with Crippen molar-refractivity contribution in [3.8, 4) is 0 Å². The molecule has 0 saturated carbocycles. The van der Waals surface area contributed by atoms with Crippen molar-refractivity contribution in [3.63, 3.8) is 0 Å². The van der Waals surface area contributed by atoms with Gasteiger partial charge < -0.3 is 16.2 Å². The van der Waals surface area contributed by atoms with Gasteiger partial charge in [-0.15, -0.1) is 0 Å². The molecule has 1 amide bonds. The quantitative estimate of drug-likeness (QED) is 0.777. The standard InChI is InChI=1S/C15H17N3O3/c1-9(6-7-14(19)20)17-15(21)13-8-11(16)10-4-2-3-5-12(10)18-13/h2-5,8-9H,6-7H2,1H3,(H2,16,18)(H,17,21)(H,19,20). The highest BCUT2D eigenvalue weighted by molar-refractivity contribution is 5.99. The van der Waals surface area contributed by atoms with E-state index in [-0.39, 0.29) is 24.1 Å². The lowest BCUT2D eigenvalue weighted by Gasteiger charge is -2.13. The number of carboxylic acids is 1. The van der Waals surface area contributed by atoms with E-state index in [4.69, 9.17) is 10.8 Å². The molecule has 1 atom stereocenters. The van der Waals surface area contributed by atoms with Crippen LogP contribution in [0.1, 0.15) is 30.3 Å². The molecule has 0 aliphatic carbocycles. The smallest absolute Gasteiger partial charge is 0.303 e. The zero-order valence-corrected chi connectivity index (χ0v) is 11.7. The number of hydrogen-bond donors (Lipinski definition) is 3. The molecule has 4 N–H and O–H groups in total. The van der Waals surface area contributed by atoms with Crippen molar-refractivity contribution in [2.75, 3.05) is 5.73 Å². The molecule has 0 aliphatic rings. The molecule has 21 heavy (non-hydrogen) atoms. The Labute approximate surface area is 122 Å². The summed E-state index contributed by atoms with van der Waals surface area (Å²) in [5.74, 6) is -1.24. The molecule has 1 heterocycles. The van der Waals surface area contributed by atoms with Gasteiger partial charge in [-0.05, 0) is 25.5 Å². The van der Waals surface area contributed by atoms with E-state index >= 15 is 0 Å². The normalized spacial score (nSPS) is 12.0. The SMILES string of the molecule is CC(CCC(=O)O)NC(=O)c1cc(N)c2ccccc2n1. The van der Waals surface area contributed by atoms with E-state index in [2.05, 4.69) is 10.3 Å². The molecular formula is C15H17N3O3. The van der Waals surface area contributed by atoms with Gasteiger partial charge in [0.1, 0.15) is 5.69 Å². The van der Waals surface area contributed by atoms with Crippen LogP contribution in [0.2, 0.25) is 0 Å². The summed E-state index contributed by atoms with van der Waals surface area (Å²) in [5.41, 5.74) is 7.30. The van der Waals surface area contributed by atoms with Gasteiger partial charge in [0.15, 0.2) is 0 Å². The van der Waals surface area contributed by atoms with Gasteiger partial charge in [-0.1, -0.05) is 18.2 Å². The minimum atomic E-state index is -0.885. The molecule has 0 bridgehead atoms. The van der Waals surface area contributed by atoms with Crippen LogP contribution in [-0.4, -0.2) is 28.0 Å². The summed E-state index contributed by atoms with van der Waals surface area (Å²) in [5, 5.41) is 12.1. The van der Waals surface area contributed by atoms with E-state index in [0.29, 0.717) is 17.6 Å². The van der Waals surface area contributed by atoms with Gasteiger partial charge >= 0.3 is 5.97 Å². The number of amides is 1. The third-order valence-electron chi connectivity index (χ3n) is 3.15. The van der Waals surface area contributed by atoms with E-state index in [1.807, 2.05) is 18.2 Å². The average Bonchev–Trinajstić information content (AvgIpc) is 2.45. The average molecular weight is 287 g/mol. The van der Waals surface area contributed by atoms with Crippen LogP contribution in [0.3, 0.4) is 0 Å². The Morgan fingerprint density at radius 3 is 2.81 bits per heavy atom. The van der Waals surface area contributed by atoms with Crippen LogP contribution in [0.5, 0.6) is 0 Å². The van der Waals surface area contributed by atoms with Crippen molar-refractivity contribution in [1.82, 2.24) is 10.3 Å². The molecule has 0 aliphatic heterocycles. The number of carbonyl (C=O) groups is 2. The number of anilines is 1. The number of fused-ring (bicyclic) bond motifs is 1. The molecule has 6 nitrogen and oxygen atoms in total. The number of nitrogens with zero attached hydrogens (tertiary/aromatic N) is 1. The fourth-order valence-electron chi connectivity index (χ4n) is 2.03. The van der Waals surface area contributed by atoms with Gasteiger partial charge in [0.25, 0.3) is 5.91 Å². The van der Waals surface area contributed by atoms with E-state index in [1.165, 1.54) is 6.07 Å². The van der Waals surface area contributed by atoms with E-state index in [9.17, 15) is 9.59 Å². The number of nitrogens with one attached hydrogen (secondary N) is 1. The summed E-state index contributed by atoms with van der Waals surface area (Å²) in [7, 11) is 0. The van der Waals surface area contributed by atoms with Gasteiger partial charge in [0, 0.05) is 23.5 Å². The first kappa shape index (κ1) is 14.8. The Morgan fingerprint density at radius 1 is 1.38 bits per heavy atom. The van der Waals surface area contributed by atoms with E-state index in [0.717, 1.165) is 5.39 Å². The molecule has 0 fully saturated rings. The number of benzene rings is 1. The van der Waals surface area contributed by atoms with Crippen molar-refractivity contribution in [1.29, 1.82) is 0 Å². The Hall–Kier alpha value is -2.63. The first-order valence-electron chi connectivity index (χ1n) is 6.65. The van der Waals surface area contributed by atoms with Gasteiger partial charge in [-0.3, -0.25) is 9.59 Å².